The van der Waals surface area contributed by atoms with E-state index in [0.29, 0.717) is 0 Å². The maximum absolute atomic E-state index is 9.76. The molecule has 0 spiro atoms. The minimum Gasteiger partial charge on any atom is -0.544 e. The van der Waals surface area contributed by atoms with Gasteiger partial charge in [0.2, 0.25) is 0 Å². The zero-order valence-corrected chi connectivity index (χ0v) is 9.69. The number of rotatable bonds is 2. The zero-order chi connectivity index (χ0) is 7.44. The van der Waals surface area contributed by atoms with Gasteiger partial charge < -0.3 is 9.90 Å². The topological polar surface area (TPSA) is 57.2 Å². The molecule has 3 nitrogen and oxygen atoms in total. The normalized spacial score (nSPS) is 11.0. The van der Waals surface area contributed by atoms with Crippen LogP contribution in [0.5, 0.6) is 0 Å². The largest absolute Gasteiger partial charge is 1.00 e. The van der Waals surface area contributed by atoms with Gasteiger partial charge in [-0.05, 0) is 0 Å². The van der Waals surface area contributed by atoms with Crippen molar-refractivity contribution in [3.05, 3.63) is 10.1 Å². The first-order chi connectivity index (χ1) is 4.09. The molecule has 0 amide bonds. The molecular weight excluding hydrogens is 206 g/mol. The van der Waals surface area contributed by atoms with Crippen molar-refractivity contribution in [3.63, 3.8) is 0 Å². The molecule has 0 bridgehead atoms. The van der Waals surface area contributed by atoms with Crippen LogP contribution in [0, 0.1) is 0 Å². The van der Waals surface area contributed by atoms with Crippen molar-refractivity contribution in [2.24, 2.45) is 0 Å². The number of carboxylic acid groups (broad SMARTS) is 1. The third kappa shape index (κ3) is 4.84. The van der Waals surface area contributed by atoms with E-state index in [9.17, 15) is 14.7 Å². The number of aliphatic carboxylic acids is 1. The Morgan fingerprint density at radius 3 is 1.90 bits per heavy atom. The molecule has 0 aliphatic carbocycles. The van der Waals surface area contributed by atoms with E-state index >= 15 is 0 Å². The van der Waals surface area contributed by atoms with Crippen LogP contribution >= 0.6 is 23.2 Å². The van der Waals surface area contributed by atoms with Crippen molar-refractivity contribution in [2.75, 3.05) is 0 Å². The fraction of sp³-hybridized carbons (Fsp3) is 0. The average molecular weight is 207 g/mol. The van der Waals surface area contributed by atoms with Gasteiger partial charge in [0.15, 0.2) is 6.29 Å². The Labute approximate surface area is 110 Å². The maximum atomic E-state index is 9.76. The molecule has 0 radical (unpaired) electrons. The summed E-state index contributed by atoms with van der Waals surface area (Å²) in [6.45, 7) is 0. The summed E-state index contributed by atoms with van der Waals surface area (Å²) in [5.41, 5.74) is 0. The second-order valence-corrected chi connectivity index (χ2v) is 1.85. The molecule has 0 N–H and O–H groups in total. The summed E-state index contributed by atoms with van der Waals surface area (Å²) in [4.78, 5) is 19.4. The van der Waals surface area contributed by atoms with Gasteiger partial charge in [-0.2, -0.15) is 0 Å². The van der Waals surface area contributed by atoms with Crippen LogP contribution in [-0.2, 0) is 9.59 Å². The third-order valence-electron chi connectivity index (χ3n) is 0.492. The molecule has 0 aliphatic heterocycles. The predicted octanol–water partition coefficient (Wildman–Crippen LogP) is -3.37. The SMILES string of the molecule is O=C/C(Cl)=C(/Cl)C(=O)[O-].[K+]. The minimum absolute atomic E-state index is 0. The van der Waals surface area contributed by atoms with Crippen LogP contribution in [-0.4, -0.2) is 12.3 Å². The summed E-state index contributed by atoms with van der Waals surface area (Å²) in [6, 6.07) is 0. The molecule has 0 heterocycles. The summed E-state index contributed by atoms with van der Waals surface area (Å²) in [5, 5.41) is 8.43. The molecule has 0 saturated carbocycles. The Kier molecular flexibility index (Phi) is 9.28. The molecule has 0 aromatic carbocycles. The van der Waals surface area contributed by atoms with Gasteiger partial charge in [0.1, 0.15) is 5.03 Å². The molecule has 0 aliphatic rings. The van der Waals surface area contributed by atoms with E-state index in [4.69, 9.17) is 23.2 Å². The van der Waals surface area contributed by atoms with E-state index < -0.39 is 16.0 Å². The Morgan fingerprint density at radius 1 is 1.40 bits per heavy atom. The number of carbonyl (C=O) groups is 2. The van der Waals surface area contributed by atoms with Gasteiger partial charge in [-0.3, -0.25) is 4.79 Å². The fourth-order valence-electron chi connectivity index (χ4n) is 0.149. The van der Waals surface area contributed by atoms with Crippen LogP contribution in [0.25, 0.3) is 0 Å². The van der Waals surface area contributed by atoms with Gasteiger partial charge in [-0.15, -0.1) is 0 Å². The third-order valence-corrected chi connectivity index (χ3v) is 1.23. The molecule has 0 aromatic heterocycles. The van der Waals surface area contributed by atoms with Crippen molar-refractivity contribution in [3.8, 4) is 0 Å². The maximum Gasteiger partial charge on any atom is 1.00 e. The van der Waals surface area contributed by atoms with E-state index in [1.807, 2.05) is 0 Å². The van der Waals surface area contributed by atoms with Crippen LogP contribution in [0.1, 0.15) is 0 Å². The van der Waals surface area contributed by atoms with E-state index in [-0.39, 0.29) is 57.7 Å². The zero-order valence-electron chi connectivity index (χ0n) is 5.06. The van der Waals surface area contributed by atoms with Crippen molar-refractivity contribution < 1.29 is 66.1 Å². The molecule has 0 unspecified atom stereocenters. The van der Waals surface area contributed by atoms with E-state index in [2.05, 4.69) is 0 Å². The summed E-state index contributed by atoms with van der Waals surface area (Å²) in [6.07, 6.45) is 0.125. The molecule has 0 atom stereocenters. The smallest absolute Gasteiger partial charge is 0.544 e. The molecule has 10 heavy (non-hydrogen) atoms. The van der Waals surface area contributed by atoms with Crippen LogP contribution in [0.4, 0.5) is 0 Å². The second kappa shape index (κ2) is 6.78. The Balaban J connectivity index is 0. The monoisotopic (exact) mass is 206 g/mol. The Morgan fingerprint density at radius 2 is 1.80 bits per heavy atom. The van der Waals surface area contributed by atoms with Gasteiger partial charge in [0.25, 0.3) is 0 Å². The molecule has 0 aromatic rings. The van der Waals surface area contributed by atoms with Crippen LogP contribution in [0.2, 0.25) is 0 Å². The quantitative estimate of drug-likeness (QED) is 0.270. The van der Waals surface area contributed by atoms with Gasteiger partial charge >= 0.3 is 51.4 Å². The standard InChI is InChI=1S/C4H2Cl2O3.K/c5-2(1-7)3(6)4(8)9;/h1H,(H,8,9);/q;+1/p-1/b3-2-;. The molecular formula is C4HCl2KO3. The molecule has 50 valence electrons. The Hall–Kier alpha value is 1.10. The minimum atomic E-state index is -1.66. The molecule has 0 fully saturated rings. The van der Waals surface area contributed by atoms with Crippen molar-refractivity contribution >= 4 is 35.5 Å². The van der Waals surface area contributed by atoms with Crippen LogP contribution in [0.3, 0.4) is 0 Å². The fourth-order valence-corrected chi connectivity index (χ4v) is 0.271. The summed E-state index contributed by atoms with van der Waals surface area (Å²) in [7, 11) is 0. The number of halogens is 2. The van der Waals surface area contributed by atoms with Gasteiger partial charge in [-0.1, -0.05) is 23.2 Å². The van der Waals surface area contributed by atoms with Crippen molar-refractivity contribution in [1.29, 1.82) is 0 Å². The van der Waals surface area contributed by atoms with Crippen molar-refractivity contribution in [2.45, 2.75) is 0 Å². The first kappa shape index (κ1) is 13.7. The molecule has 6 heteroatoms. The van der Waals surface area contributed by atoms with E-state index in [1.54, 1.807) is 0 Å². The van der Waals surface area contributed by atoms with E-state index in [0.717, 1.165) is 0 Å². The number of aldehydes is 1. The van der Waals surface area contributed by atoms with Crippen LogP contribution in [0.15, 0.2) is 10.1 Å². The average Bonchev–Trinajstić information content (AvgIpc) is 1.84. The summed E-state index contributed by atoms with van der Waals surface area (Å²) < 4.78 is 0. The second-order valence-electron chi connectivity index (χ2n) is 1.07. The first-order valence-corrected chi connectivity index (χ1v) is 2.57. The number of allylic oxidation sites excluding steroid dienone is 1. The number of carbonyl (C=O) groups excluding carboxylic acids is 2. The van der Waals surface area contributed by atoms with Gasteiger partial charge in [0, 0.05) is 0 Å². The number of hydrogen-bond donors (Lipinski definition) is 0. The Bertz CT molecular complexity index is 177. The first-order valence-electron chi connectivity index (χ1n) is 1.81. The summed E-state index contributed by atoms with van der Waals surface area (Å²) >= 11 is 9.89. The number of hydrogen-bond acceptors (Lipinski definition) is 3. The van der Waals surface area contributed by atoms with Gasteiger partial charge in [-0.25, -0.2) is 0 Å². The van der Waals surface area contributed by atoms with E-state index in [1.165, 1.54) is 0 Å². The molecule has 0 rings (SSSR count). The van der Waals surface area contributed by atoms with Crippen LogP contribution < -0.4 is 56.5 Å². The number of carboxylic acids is 1. The van der Waals surface area contributed by atoms with Crippen molar-refractivity contribution in [1.82, 2.24) is 0 Å². The van der Waals surface area contributed by atoms with Gasteiger partial charge in [0.05, 0.1) is 11.0 Å². The predicted molar refractivity (Wildman–Crippen MR) is 29.8 cm³/mol. The molecule has 0 saturated heterocycles. The summed E-state index contributed by atoms with van der Waals surface area (Å²) in [5.74, 6) is -1.66.